The quantitative estimate of drug-likeness (QED) is 0.834. The molecular formula is C17H26BrN3O. The molecule has 5 heteroatoms. The van der Waals surface area contributed by atoms with Gasteiger partial charge in [-0.25, -0.2) is 4.79 Å². The van der Waals surface area contributed by atoms with Crippen molar-refractivity contribution in [2.45, 2.75) is 33.2 Å². The average Bonchev–Trinajstić information content (AvgIpc) is 2.94. The minimum Gasteiger partial charge on any atom is -0.371 e. The molecule has 2 rings (SSSR count). The number of benzene rings is 1. The van der Waals surface area contributed by atoms with Crippen molar-refractivity contribution in [1.82, 2.24) is 10.6 Å². The molecule has 0 radical (unpaired) electrons. The number of rotatable bonds is 5. The van der Waals surface area contributed by atoms with Gasteiger partial charge in [-0.1, -0.05) is 35.8 Å². The van der Waals surface area contributed by atoms with Gasteiger partial charge in [-0.05, 0) is 43.4 Å². The number of nitrogens with zero attached hydrogens (tertiary/aromatic N) is 1. The summed E-state index contributed by atoms with van der Waals surface area (Å²) in [7, 11) is 0. The van der Waals surface area contributed by atoms with Crippen molar-refractivity contribution in [3.63, 3.8) is 0 Å². The molecule has 1 aliphatic rings. The van der Waals surface area contributed by atoms with Crippen molar-refractivity contribution in [3.8, 4) is 0 Å². The molecule has 0 aromatic heterocycles. The van der Waals surface area contributed by atoms with Crippen LogP contribution in [0.25, 0.3) is 0 Å². The van der Waals surface area contributed by atoms with E-state index in [1.165, 1.54) is 5.69 Å². The van der Waals surface area contributed by atoms with Crippen molar-refractivity contribution in [1.29, 1.82) is 0 Å². The standard InChI is InChI=1S/C17H26BrN3O/c1-12(2)13(3)20-17(22)19-10-14-7-8-21(11-14)16-6-4-5-15(18)9-16/h4-6,9,12-14H,7-8,10-11H2,1-3H3,(H2,19,20,22). The second-order valence-corrected chi connectivity index (χ2v) is 7.38. The topological polar surface area (TPSA) is 44.4 Å². The van der Waals surface area contributed by atoms with E-state index in [0.717, 1.165) is 30.5 Å². The van der Waals surface area contributed by atoms with Gasteiger partial charge < -0.3 is 15.5 Å². The minimum atomic E-state index is -0.0536. The Morgan fingerprint density at radius 1 is 1.41 bits per heavy atom. The first kappa shape index (κ1) is 17.1. The van der Waals surface area contributed by atoms with Crippen LogP contribution in [0.3, 0.4) is 0 Å². The van der Waals surface area contributed by atoms with Crippen molar-refractivity contribution < 1.29 is 4.79 Å². The molecule has 4 nitrogen and oxygen atoms in total. The first-order chi connectivity index (χ1) is 10.5. The predicted octanol–water partition coefficient (Wildman–Crippen LogP) is 3.62. The van der Waals surface area contributed by atoms with E-state index in [2.05, 4.69) is 63.5 Å². The lowest BCUT2D eigenvalue weighted by molar-refractivity contribution is 0.233. The van der Waals surface area contributed by atoms with Crippen LogP contribution >= 0.6 is 15.9 Å². The third-order valence-corrected chi connectivity index (χ3v) is 4.86. The van der Waals surface area contributed by atoms with Crippen molar-refractivity contribution in [2.75, 3.05) is 24.5 Å². The number of hydrogen-bond acceptors (Lipinski definition) is 2. The SMILES string of the molecule is CC(C)C(C)NC(=O)NCC1CCN(c2cccc(Br)c2)C1. The zero-order chi connectivity index (χ0) is 16.1. The Morgan fingerprint density at radius 2 is 2.18 bits per heavy atom. The number of anilines is 1. The summed E-state index contributed by atoms with van der Waals surface area (Å²) < 4.78 is 1.11. The van der Waals surface area contributed by atoms with E-state index in [0.29, 0.717) is 11.8 Å². The maximum Gasteiger partial charge on any atom is 0.315 e. The number of carbonyl (C=O) groups is 1. The lowest BCUT2D eigenvalue weighted by Crippen LogP contribution is -2.44. The van der Waals surface area contributed by atoms with Gasteiger partial charge in [0.05, 0.1) is 0 Å². The van der Waals surface area contributed by atoms with Crippen LogP contribution in [0.4, 0.5) is 10.5 Å². The van der Waals surface area contributed by atoms with Gasteiger partial charge in [0.15, 0.2) is 0 Å². The van der Waals surface area contributed by atoms with Gasteiger partial charge in [0.25, 0.3) is 0 Å². The molecule has 0 aliphatic carbocycles. The fourth-order valence-corrected chi connectivity index (χ4v) is 2.96. The number of urea groups is 1. The molecule has 2 amide bonds. The van der Waals surface area contributed by atoms with E-state index in [-0.39, 0.29) is 12.1 Å². The van der Waals surface area contributed by atoms with E-state index < -0.39 is 0 Å². The molecule has 1 aromatic carbocycles. The second kappa shape index (κ2) is 7.86. The van der Waals surface area contributed by atoms with E-state index in [9.17, 15) is 4.79 Å². The Labute approximate surface area is 141 Å². The van der Waals surface area contributed by atoms with E-state index in [4.69, 9.17) is 0 Å². The highest BCUT2D eigenvalue weighted by Gasteiger charge is 2.23. The molecule has 1 aromatic rings. The molecule has 1 fully saturated rings. The molecule has 2 N–H and O–H groups in total. The zero-order valence-electron chi connectivity index (χ0n) is 13.6. The van der Waals surface area contributed by atoms with Crippen LogP contribution in [0.5, 0.6) is 0 Å². The summed E-state index contributed by atoms with van der Waals surface area (Å²) in [6, 6.07) is 8.53. The van der Waals surface area contributed by atoms with Crippen molar-refractivity contribution >= 4 is 27.6 Å². The molecule has 0 spiro atoms. The maximum atomic E-state index is 11.9. The van der Waals surface area contributed by atoms with Crippen LogP contribution in [0.1, 0.15) is 27.2 Å². The molecule has 1 heterocycles. The third-order valence-electron chi connectivity index (χ3n) is 4.37. The van der Waals surface area contributed by atoms with E-state index in [1.807, 2.05) is 13.0 Å². The zero-order valence-corrected chi connectivity index (χ0v) is 15.2. The molecule has 0 saturated carbocycles. The highest BCUT2D eigenvalue weighted by atomic mass is 79.9. The van der Waals surface area contributed by atoms with Crippen LogP contribution < -0.4 is 15.5 Å². The lowest BCUT2D eigenvalue weighted by atomic mass is 10.1. The van der Waals surface area contributed by atoms with Gasteiger partial charge >= 0.3 is 6.03 Å². The van der Waals surface area contributed by atoms with Gasteiger partial charge in [0, 0.05) is 35.8 Å². The molecule has 2 unspecified atom stereocenters. The van der Waals surface area contributed by atoms with Gasteiger partial charge in [0.2, 0.25) is 0 Å². The highest BCUT2D eigenvalue weighted by Crippen LogP contribution is 2.25. The van der Waals surface area contributed by atoms with Gasteiger partial charge in [0.1, 0.15) is 0 Å². The molecule has 0 bridgehead atoms. The van der Waals surface area contributed by atoms with Crippen LogP contribution in [0, 0.1) is 11.8 Å². The molecule has 1 saturated heterocycles. The number of hydrogen-bond donors (Lipinski definition) is 2. The van der Waals surface area contributed by atoms with Gasteiger partial charge in [-0.15, -0.1) is 0 Å². The fourth-order valence-electron chi connectivity index (χ4n) is 2.57. The molecule has 22 heavy (non-hydrogen) atoms. The third kappa shape index (κ3) is 4.90. The fraction of sp³-hybridized carbons (Fsp3) is 0.588. The summed E-state index contributed by atoms with van der Waals surface area (Å²) in [4.78, 5) is 14.2. The largest absolute Gasteiger partial charge is 0.371 e. The molecule has 2 atom stereocenters. The number of halogens is 1. The molecule has 122 valence electrons. The molecule has 1 aliphatic heterocycles. The second-order valence-electron chi connectivity index (χ2n) is 6.47. The van der Waals surface area contributed by atoms with Crippen molar-refractivity contribution in [2.24, 2.45) is 11.8 Å². The van der Waals surface area contributed by atoms with E-state index in [1.54, 1.807) is 0 Å². The first-order valence-electron chi connectivity index (χ1n) is 8.00. The van der Waals surface area contributed by atoms with Crippen LogP contribution in [-0.4, -0.2) is 31.7 Å². The number of carbonyl (C=O) groups excluding carboxylic acids is 1. The Hall–Kier alpha value is -1.23. The summed E-state index contributed by atoms with van der Waals surface area (Å²) in [5, 5.41) is 5.99. The minimum absolute atomic E-state index is 0.0536. The maximum absolute atomic E-state index is 11.9. The summed E-state index contributed by atoms with van der Waals surface area (Å²) in [6.45, 7) is 9.04. The Bertz CT molecular complexity index is 506. The summed E-state index contributed by atoms with van der Waals surface area (Å²) in [6.07, 6.45) is 1.12. The molecular weight excluding hydrogens is 342 g/mol. The smallest absolute Gasteiger partial charge is 0.315 e. The first-order valence-corrected chi connectivity index (χ1v) is 8.80. The van der Waals surface area contributed by atoms with Crippen LogP contribution in [0.2, 0.25) is 0 Å². The van der Waals surface area contributed by atoms with Gasteiger partial charge in [-0.3, -0.25) is 0 Å². The van der Waals surface area contributed by atoms with Crippen LogP contribution in [-0.2, 0) is 0 Å². The predicted molar refractivity (Wildman–Crippen MR) is 95.3 cm³/mol. The Kier molecular flexibility index (Phi) is 6.12. The number of amides is 2. The number of nitrogens with one attached hydrogen (secondary N) is 2. The monoisotopic (exact) mass is 367 g/mol. The average molecular weight is 368 g/mol. The summed E-state index contributed by atoms with van der Waals surface area (Å²) >= 11 is 3.52. The summed E-state index contributed by atoms with van der Waals surface area (Å²) in [5.41, 5.74) is 1.25. The Morgan fingerprint density at radius 3 is 2.86 bits per heavy atom. The van der Waals surface area contributed by atoms with Crippen LogP contribution in [0.15, 0.2) is 28.7 Å². The normalized spacial score (nSPS) is 19.3. The van der Waals surface area contributed by atoms with Crippen molar-refractivity contribution in [3.05, 3.63) is 28.7 Å². The lowest BCUT2D eigenvalue weighted by Gasteiger charge is -2.20. The van der Waals surface area contributed by atoms with Gasteiger partial charge in [-0.2, -0.15) is 0 Å². The summed E-state index contributed by atoms with van der Waals surface area (Å²) in [5.74, 6) is 0.961. The Balaban J connectivity index is 1.76. The highest BCUT2D eigenvalue weighted by molar-refractivity contribution is 9.10. The van der Waals surface area contributed by atoms with E-state index >= 15 is 0 Å².